The molecule has 0 aromatic rings. The van der Waals surface area contributed by atoms with E-state index in [0.29, 0.717) is 16.5 Å². The van der Waals surface area contributed by atoms with Crippen molar-refractivity contribution in [1.29, 1.82) is 0 Å². The van der Waals surface area contributed by atoms with Gasteiger partial charge in [-0.3, -0.25) is 0 Å². The van der Waals surface area contributed by atoms with Gasteiger partial charge in [-0.05, 0) is 19.1 Å². The van der Waals surface area contributed by atoms with E-state index in [1.807, 2.05) is 11.8 Å². The third-order valence-electron chi connectivity index (χ3n) is 1.91. The summed E-state index contributed by atoms with van der Waals surface area (Å²) in [6, 6.07) is 0.339. The van der Waals surface area contributed by atoms with Crippen molar-refractivity contribution in [3.05, 3.63) is 0 Å². The molecule has 54 valence electrons. The van der Waals surface area contributed by atoms with Gasteiger partial charge in [0.15, 0.2) is 0 Å². The van der Waals surface area contributed by atoms with Crippen LogP contribution in [-0.4, -0.2) is 22.8 Å². The molecule has 0 aromatic heterocycles. The van der Waals surface area contributed by atoms with Crippen molar-refractivity contribution in [1.82, 2.24) is 0 Å². The first-order chi connectivity index (χ1) is 4.25. The maximum atomic E-state index is 5.75. The van der Waals surface area contributed by atoms with Gasteiger partial charge in [-0.1, -0.05) is 0 Å². The van der Waals surface area contributed by atoms with Gasteiger partial charge in [0.2, 0.25) is 0 Å². The molecule has 1 saturated carbocycles. The summed E-state index contributed by atoms with van der Waals surface area (Å²) in [7, 11) is 0. The number of thiol groups is 1. The molecule has 1 nitrogen and oxygen atoms in total. The quantitative estimate of drug-likeness (QED) is 0.567. The summed E-state index contributed by atoms with van der Waals surface area (Å²) >= 11 is 6.30. The highest BCUT2D eigenvalue weighted by molar-refractivity contribution is 8.00. The van der Waals surface area contributed by atoms with E-state index in [2.05, 4.69) is 18.9 Å². The van der Waals surface area contributed by atoms with Crippen LogP contribution in [0.4, 0.5) is 0 Å². The van der Waals surface area contributed by atoms with Crippen LogP contribution in [0.5, 0.6) is 0 Å². The second kappa shape index (κ2) is 3.17. The van der Waals surface area contributed by atoms with Crippen LogP contribution in [0.15, 0.2) is 0 Å². The molecule has 0 bridgehead atoms. The zero-order valence-corrected chi connectivity index (χ0v) is 7.29. The Morgan fingerprint density at radius 1 is 1.56 bits per heavy atom. The van der Waals surface area contributed by atoms with Gasteiger partial charge in [0.25, 0.3) is 0 Å². The van der Waals surface area contributed by atoms with Crippen LogP contribution in [0.25, 0.3) is 0 Å². The molecule has 2 unspecified atom stereocenters. The molecule has 1 fully saturated rings. The van der Waals surface area contributed by atoms with Gasteiger partial charge in [0.05, 0.1) is 0 Å². The highest BCUT2D eigenvalue weighted by Gasteiger charge is 2.29. The molecule has 9 heavy (non-hydrogen) atoms. The zero-order chi connectivity index (χ0) is 6.85. The maximum absolute atomic E-state index is 5.75. The lowest BCUT2D eigenvalue weighted by Gasteiger charge is -2.13. The fourth-order valence-electron chi connectivity index (χ4n) is 1.23. The Kier molecular flexibility index (Phi) is 2.73. The summed E-state index contributed by atoms with van der Waals surface area (Å²) in [5.74, 6) is 0. The van der Waals surface area contributed by atoms with E-state index in [1.165, 1.54) is 6.42 Å². The smallest absolute Gasteiger partial charge is 0.0287 e. The number of thioether (sulfide) groups is 1. The zero-order valence-electron chi connectivity index (χ0n) is 5.58. The van der Waals surface area contributed by atoms with Crippen molar-refractivity contribution < 1.29 is 0 Å². The molecule has 0 radical (unpaired) electrons. The number of hydrogen-bond donors (Lipinski definition) is 2. The van der Waals surface area contributed by atoms with E-state index >= 15 is 0 Å². The minimum atomic E-state index is 0.339. The first kappa shape index (κ1) is 7.76. The fraction of sp³-hybridized carbons (Fsp3) is 1.00. The summed E-state index contributed by atoms with van der Waals surface area (Å²) in [5, 5.41) is 1.13. The van der Waals surface area contributed by atoms with Crippen molar-refractivity contribution in [3.8, 4) is 0 Å². The second-order valence-electron chi connectivity index (χ2n) is 2.51. The summed E-state index contributed by atoms with van der Waals surface area (Å²) in [4.78, 5) is 0. The predicted molar refractivity (Wildman–Crippen MR) is 47.3 cm³/mol. The van der Waals surface area contributed by atoms with E-state index in [-0.39, 0.29) is 0 Å². The molecule has 0 saturated heterocycles. The summed E-state index contributed by atoms with van der Waals surface area (Å²) < 4.78 is 0. The molecule has 0 aliphatic heterocycles. The monoisotopic (exact) mass is 163 g/mol. The molecule has 1 aliphatic carbocycles. The Morgan fingerprint density at radius 2 is 2.22 bits per heavy atom. The molecule has 0 heterocycles. The Bertz CT molecular complexity index is 97.1. The van der Waals surface area contributed by atoms with E-state index < -0.39 is 0 Å². The SMILES string of the molecule is CSC1CC[C@H](N)C1S. The van der Waals surface area contributed by atoms with Crippen LogP contribution >= 0.6 is 24.4 Å². The van der Waals surface area contributed by atoms with E-state index in [4.69, 9.17) is 5.73 Å². The number of rotatable bonds is 1. The first-order valence-electron chi connectivity index (χ1n) is 3.22. The van der Waals surface area contributed by atoms with Gasteiger partial charge in [-0.25, -0.2) is 0 Å². The third-order valence-corrected chi connectivity index (χ3v) is 3.99. The molecular weight excluding hydrogens is 150 g/mol. The molecule has 0 aromatic carbocycles. The Hall–Kier alpha value is 0.660. The molecule has 3 heteroatoms. The minimum absolute atomic E-state index is 0.339. The van der Waals surface area contributed by atoms with E-state index in [9.17, 15) is 0 Å². The lowest BCUT2D eigenvalue weighted by molar-refractivity contribution is 0.719. The van der Waals surface area contributed by atoms with E-state index in [1.54, 1.807) is 0 Å². The molecule has 0 amide bonds. The summed E-state index contributed by atoms with van der Waals surface area (Å²) in [6.45, 7) is 0. The lowest BCUT2D eigenvalue weighted by Crippen LogP contribution is -2.29. The molecular formula is C6H13NS2. The normalized spacial score (nSPS) is 43.7. The van der Waals surface area contributed by atoms with Crippen molar-refractivity contribution in [2.75, 3.05) is 6.26 Å². The standard InChI is InChI=1S/C6H13NS2/c1-9-5-3-2-4(7)6(5)8/h4-6,8H,2-3,7H2,1H3/t4-,5?,6?/m0/s1. The van der Waals surface area contributed by atoms with Crippen molar-refractivity contribution in [2.45, 2.75) is 29.4 Å². The largest absolute Gasteiger partial charge is 0.327 e. The first-order valence-corrected chi connectivity index (χ1v) is 5.02. The van der Waals surface area contributed by atoms with Gasteiger partial charge in [0.1, 0.15) is 0 Å². The predicted octanol–water partition coefficient (Wildman–Crippen LogP) is 1.14. The van der Waals surface area contributed by atoms with Crippen LogP contribution in [0.1, 0.15) is 12.8 Å². The van der Waals surface area contributed by atoms with E-state index in [0.717, 1.165) is 6.42 Å². The third kappa shape index (κ3) is 1.57. The van der Waals surface area contributed by atoms with Gasteiger partial charge >= 0.3 is 0 Å². The van der Waals surface area contributed by atoms with Crippen LogP contribution in [0.3, 0.4) is 0 Å². The van der Waals surface area contributed by atoms with Gasteiger partial charge in [0, 0.05) is 16.5 Å². The maximum Gasteiger partial charge on any atom is 0.0287 e. The average molecular weight is 163 g/mol. The lowest BCUT2D eigenvalue weighted by atomic mass is 10.3. The van der Waals surface area contributed by atoms with Crippen molar-refractivity contribution in [3.63, 3.8) is 0 Å². The highest BCUT2D eigenvalue weighted by atomic mass is 32.2. The second-order valence-corrected chi connectivity index (χ2v) is 4.18. The molecule has 2 N–H and O–H groups in total. The van der Waals surface area contributed by atoms with Crippen LogP contribution < -0.4 is 5.73 Å². The molecule has 1 aliphatic rings. The van der Waals surface area contributed by atoms with Gasteiger partial charge in [-0.2, -0.15) is 24.4 Å². The van der Waals surface area contributed by atoms with Crippen molar-refractivity contribution >= 4 is 24.4 Å². The topological polar surface area (TPSA) is 26.0 Å². The minimum Gasteiger partial charge on any atom is -0.327 e. The van der Waals surface area contributed by atoms with Gasteiger partial charge in [-0.15, -0.1) is 0 Å². The highest BCUT2D eigenvalue weighted by Crippen LogP contribution is 2.30. The fourth-order valence-corrected chi connectivity index (χ4v) is 2.75. The average Bonchev–Trinajstić information content (AvgIpc) is 2.15. The Labute approximate surface area is 66.2 Å². The summed E-state index contributed by atoms with van der Waals surface area (Å²) in [6.07, 6.45) is 4.53. The molecule has 1 rings (SSSR count). The van der Waals surface area contributed by atoms with Gasteiger partial charge < -0.3 is 5.73 Å². The summed E-state index contributed by atoms with van der Waals surface area (Å²) in [5.41, 5.74) is 5.75. The Morgan fingerprint density at radius 3 is 2.44 bits per heavy atom. The molecule has 3 atom stereocenters. The van der Waals surface area contributed by atoms with Crippen LogP contribution in [0, 0.1) is 0 Å². The Balaban J connectivity index is 2.41. The van der Waals surface area contributed by atoms with Crippen LogP contribution in [-0.2, 0) is 0 Å². The number of hydrogen-bond acceptors (Lipinski definition) is 3. The number of nitrogens with two attached hydrogens (primary N) is 1. The molecule has 0 spiro atoms. The van der Waals surface area contributed by atoms with Crippen LogP contribution in [0.2, 0.25) is 0 Å². The van der Waals surface area contributed by atoms with Crippen molar-refractivity contribution in [2.24, 2.45) is 5.73 Å².